The molecule has 0 aliphatic heterocycles. The summed E-state index contributed by atoms with van der Waals surface area (Å²) in [4.78, 5) is 0. The zero-order valence-electron chi connectivity index (χ0n) is 10.3. The second-order valence-electron chi connectivity index (χ2n) is 4.38. The van der Waals surface area contributed by atoms with Gasteiger partial charge in [0.2, 0.25) is 0 Å². The molecule has 0 saturated heterocycles. The summed E-state index contributed by atoms with van der Waals surface area (Å²) in [5, 5.41) is 0. The van der Waals surface area contributed by atoms with Crippen molar-refractivity contribution in [2.24, 2.45) is 11.1 Å². The Labute approximate surface area is 93.1 Å². The third-order valence-corrected chi connectivity index (χ3v) is 2.05. The lowest BCUT2D eigenvalue weighted by Gasteiger charge is -2.21. The van der Waals surface area contributed by atoms with Crippen molar-refractivity contribution in [3.05, 3.63) is 0 Å². The number of ether oxygens (including phenoxy) is 3. The minimum atomic E-state index is 0.0803. The molecule has 0 amide bonds. The van der Waals surface area contributed by atoms with E-state index < -0.39 is 0 Å². The molecule has 0 aromatic rings. The molecule has 0 bridgehead atoms. The van der Waals surface area contributed by atoms with Gasteiger partial charge in [0.1, 0.15) is 0 Å². The largest absolute Gasteiger partial charge is 0.382 e. The molecule has 0 aliphatic carbocycles. The molecule has 0 radical (unpaired) electrons. The van der Waals surface area contributed by atoms with E-state index in [4.69, 9.17) is 19.9 Å². The Morgan fingerprint density at radius 1 is 1.00 bits per heavy atom. The van der Waals surface area contributed by atoms with E-state index in [-0.39, 0.29) is 5.41 Å². The first-order valence-electron chi connectivity index (χ1n) is 5.47. The normalized spacial score (nSPS) is 12.0. The van der Waals surface area contributed by atoms with Crippen molar-refractivity contribution in [3.8, 4) is 0 Å². The van der Waals surface area contributed by atoms with Gasteiger partial charge in [0, 0.05) is 25.7 Å². The van der Waals surface area contributed by atoms with Gasteiger partial charge in [0.05, 0.1) is 19.8 Å². The SMILES string of the molecule is COCCOCCCOCC(C)(C)CN. The molecule has 0 rings (SSSR count). The van der Waals surface area contributed by atoms with Crippen LogP contribution in [0.25, 0.3) is 0 Å². The van der Waals surface area contributed by atoms with Crippen LogP contribution in [0.15, 0.2) is 0 Å². The molecule has 0 aromatic carbocycles. The molecule has 0 spiro atoms. The Hall–Kier alpha value is -0.160. The Morgan fingerprint density at radius 3 is 2.27 bits per heavy atom. The van der Waals surface area contributed by atoms with Crippen LogP contribution in [0, 0.1) is 5.41 Å². The molecular formula is C11H25NO3. The molecule has 0 atom stereocenters. The predicted molar refractivity (Wildman–Crippen MR) is 61.0 cm³/mol. The lowest BCUT2D eigenvalue weighted by molar-refractivity contribution is 0.0328. The van der Waals surface area contributed by atoms with E-state index in [1.54, 1.807) is 7.11 Å². The smallest absolute Gasteiger partial charge is 0.0700 e. The van der Waals surface area contributed by atoms with E-state index in [2.05, 4.69) is 13.8 Å². The first-order chi connectivity index (χ1) is 7.12. The topological polar surface area (TPSA) is 53.7 Å². The van der Waals surface area contributed by atoms with Gasteiger partial charge in [-0.2, -0.15) is 0 Å². The van der Waals surface area contributed by atoms with Gasteiger partial charge in [-0.3, -0.25) is 0 Å². The van der Waals surface area contributed by atoms with Crippen molar-refractivity contribution in [3.63, 3.8) is 0 Å². The highest BCUT2D eigenvalue weighted by atomic mass is 16.5. The van der Waals surface area contributed by atoms with Crippen LogP contribution in [-0.2, 0) is 14.2 Å². The monoisotopic (exact) mass is 219 g/mol. The molecule has 4 nitrogen and oxygen atoms in total. The summed E-state index contributed by atoms with van der Waals surface area (Å²) in [5.74, 6) is 0. The first kappa shape index (κ1) is 14.8. The van der Waals surface area contributed by atoms with E-state index in [1.165, 1.54) is 0 Å². The fourth-order valence-electron chi connectivity index (χ4n) is 0.915. The lowest BCUT2D eigenvalue weighted by atomic mass is 9.95. The Balaban J connectivity index is 3.11. The van der Waals surface area contributed by atoms with E-state index >= 15 is 0 Å². The number of methoxy groups -OCH3 is 1. The van der Waals surface area contributed by atoms with Gasteiger partial charge in [-0.25, -0.2) is 0 Å². The lowest BCUT2D eigenvalue weighted by Crippen LogP contribution is -2.29. The summed E-state index contributed by atoms with van der Waals surface area (Å²) in [7, 11) is 1.67. The maximum absolute atomic E-state index is 5.58. The van der Waals surface area contributed by atoms with Crippen LogP contribution >= 0.6 is 0 Å². The number of hydrogen-bond donors (Lipinski definition) is 1. The van der Waals surface area contributed by atoms with Gasteiger partial charge in [-0.15, -0.1) is 0 Å². The van der Waals surface area contributed by atoms with Crippen molar-refractivity contribution in [2.45, 2.75) is 20.3 Å². The van der Waals surface area contributed by atoms with Crippen LogP contribution in [0.4, 0.5) is 0 Å². The van der Waals surface area contributed by atoms with Crippen molar-refractivity contribution >= 4 is 0 Å². The first-order valence-corrected chi connectivity index (χ1v) is 5.47. The summed E-state index contributed by atoms with van der Waals surface area (Å²) in [6, 6.07) is 0. The highest BCUT2D eigenvalue weighted by Gasteiger charge is 2.14. The van der Waals surface area contributed by atoms with E-state index in [0.29, 0.717) is 26.4 Å². The Kier molecular flexibility index (Phi) is 9.00. The standard InChI is InChI=1S/C11H25NO3/c1-11(2,9-12)10-15-6-4-5-14-8-7-13-3/h4-10,12H2,1-3H3. The average molecular weight is 219 g/mol. The molecule has 0 saturated carbocycles. The summed E-state index contributed by atoms with van der Waals surface area (Å²) in [6.07, 6.45) is 0.921. The molecule has 4 heteroatoms. The summed E-state index contributed by atoms with van der Waals surface area (Å²) in [6.45, 7) is 8.33. The van der Waals surface area contributed by atoms with Gasteiger partial charge in [0.25, 0.3) is 0 Å². The molecule has 0 aliphatic rings. The minimum Gasteiger partial charge on any atom is -0.382 e. The second kappa shape index (κ2) is 9.09. The molecule has 0 heterocycles. The quantitative estimate of drug-likeness (QED) is 0.558. The maximum atomic E-state index is 5.58. The van der Waals surface area contributed by atoms with Gasteiger partial charge in [-0.1, -0.05) is 13.8 Å². The second-order valence-corrected chi connectivity index (χ2v) is 4.38. The molecule has 2 N–H and O–H groups in total. The number of nitrogens with two attached hydrogens (primary N) is 1. The fraction of sp³-hybridized carbons (Fsp3) is 1.00. The molecule has 92 valence electrons. The summed E-state index contributed by atoms with van der Waals surface area (Å²) in [5.41, 5.74) is 5.66. The summed E-state index contributed by atoms with van der Waals surface area (Å²) >= 11 is 0. The molecule has 0 aromatic heterocycles. The molecular weight excluding hydrogens is 194 g/mol. The van der Waals surface area contributed by atoms with Gasteiger partial charge in [-0.05, 0) is 13.0 Å². The van der Waals surface area contributed by atoms with E-state index in [9.17, 15) is 0 Å². The van der Waals surface area contributed by atoms with Gasteiger partial charge in [0.15, 0.2) is 0 Å². The third-order valence-electron chi connectivity index (χ3n) is 2.05. The highest BCUT2D eigenvalue weighted by Crippen LogP contribution is 2.12. The van der Waals surface area contributed by atoms with Crippen molar-refractivity contribution in [1.29, 1.82) is 0 Å². The van der Waals surface area contributed by atoms with Crippen molar-refractivity contribution < 1.29 is 14.2 Å². The maximum Gasteiger partial charge on any atom is 0.0700 e. The van der Waals surface area contributed by atoms with Crippen molar-refractivity contribution in [2.75, 3.05) is 46.7 Å². The highest BCUT2D eigenvalue weighted by molar-refractivity contribution is 4.67. The molecule has 15 heavy (non-hydrogen) atoms. The van der Waals surface area contributed by atoms with Crippen LogP contribution in [0.2, 0.25) is 0 Å². The predicted octanol–water partition coefficient (Wildman–Crippen LogP) is 1.04. The van der Waals surface area contributed by atoms with Gasteiger partial charge >= 0.3 is 0 Å². The molecule has 0 unspecified atom stereocenters. The Bertz CT molecular complexity index is 140. The number of rotatable bonds is 10. The fourth-order valence-corrected chi connectivity index (χ4v) is 0.915. The van der Waals surface area contributed by atoms with E-state index in [1.807, 2.05) is 0 Å². The van der Waals surface area contributed by atoms with E-state index in [0.717, 1.165) is 19.6 Å². The van der Waals surface area contributed by atoms with Crippen LogP contribution in [-0.4, -0.2) is 46.7 Å². The van der Waals surface area contributed by atoms with Crippen molar-refractivity contribution in [1.82, 2.24) is 0 Å². The summed E-state index contributed by atoms with van der Waals surface area (Å²) < 4.78 is 15.7. The van der Waals surface area contributed by atoms with Crippen LogP contribution < -0.4 is 5.73 Å². The third kappa shape index (κ3) is 10.1. The Morgan fingerprint density at radius 2 is 1.67 bits per heavy atom. The van der Waals surface area contributed by atoms with Crippen LogP contribution in [0.5, 0.6) is 0 Å². The zero-order chi connectivity index (χ0) is 11.6. The van der Waals surface area contributed by atoms with Crippen LogP contribution in [0.3, 0.4) is 0 Å². The van der Waals surface area contributed by atoms with Gasteiger partial charge < -0.3 is 19.9 Å². The average Bonchev–Trinajstić information content (AvgIpc) is 2.22. The van der Waals surface area contributed by atoms with Crippen LogP contribution in [0.1, 0.15) is 20.3 Å². The minimum absolute atomic E-state index is 0.0803. The number of hydrogen-bond acceptors (Lipinski definition) is 4. The molecule has 0 fully saturated rings. The zero-order valence-corrected chi connectivity index (χ0v) is 10.3.